The van der Waals surface area contributed by atoms with Crippen LogP contribution in [0.25, 0.3) is 0 Å². The molecule has 192 valence electrons. The Hall–Kier alpha value is -2.68. The smallest absolute Gasteiger partial charge is 0.312 e. The molecule has 1 N–H and O–H groups in total. The van der Waals surface area contributed by atoms with Crippen LogP contribution in [0, 0.1) is 11.2 Å². The molecule has 2 amide bonds. The summed E-state index contributed by atoms with van der Waals surface area (Å²) < 4.78 is 19.0. The van der Waals surface area contributed by atoms with Gasteiger partial charge in [-0.2, -0.15) is 0 Å². The fourth-order valence-corrected chi connectivity index (χ4v) is 5.57. The van der Waals surface area contributed by atoms with Gasteiger partial charge in [0.05, 0.1) is 5.41 Å². The predicted octanol–water partition coefficient (Wildman–Crippen LogP) is 2.18. The Balaban J connectivity index is 1.21. The third-order valence-corrected chi connectivity index (χ3v) is 7.77. The number of halogens is 1. The van der Waals surface area contributed by atoms with Gasteiger partial charge in [0.2, 0.25) is 11.8 Å². The second kappa shape index (κ2) is 10.9. The second-order valence-corrected chi connectivity index (χ2v) is 10.1. The Morgan fingerprint density at radius 2 is 1.77 bits per heavy atom. The van der Waals surface area contributed by atoms with Crippen LogP contribution in [0.15, 0.2) is 24.3 Å². The largest absolute Gasteiger partial charge is 0.462 e. The van der Waals surface area contributed by atoms with Crippen LogP contribution in [0.5, 0.6) is 0 Å². The van der Waals surface area contributed by atoms with E-state index in [0.29, 0.717) is 38.8 Å². The van der Waals surface area contributed by atoms with Crippen LogP contribution in [0.2, 0.25) is 0 Å². The van der Waals surface area contributed by atoms with Crippen molar-refractivity contribution in [1.82, 2.24) is 15.1 Å². The second-order valence-electron chi connectivity index (χ2n) is 10.1. The van der Waals surface area contributed by atoms with Crippen LogP contribution < -0.4 is 10.2 Å². The number of hydrogen-bond acceptors (Lipinski definition) is 6. The van der Waals surface area contributed by atoms with Gasteiger partial charge in [-0.1, -0.05) is 6.92 Å². The fraction of sp³-hybridized carbons (Fsp3) is 0.654. The molecule has 0 aromatic heterocycles. The van der Waals surface area contributed by atoms with Gasteiger partial charge in [0, 0.05) is 64.8 Å². The van der Waals surface area contributed by atoms with Crippen molar-refractivity contribution >= 4 is 23.5 Å². The van der Waals surface area contributed by atoms with Crippen LogP contribution >= 0.6 is 0 Å². The number of benzene rings is 1. The molecular weight excluding hydrogens is 451 g/mol. The summed E-state index contributed by atoms with van der Waals surface area (Å²) in [5.41, 5.74) is 0.559. The molecular formula is C26H37FN4O4. The molecule has 3 heterocycles. The van der Waals surface area contributed by atoms with Crippen LogP contribution in [0.1, 0.15) is 46.0 Å². The number of carbonyl (C=O) groups is 3. The Morgan fingerprint density at radius 3 is 2.37 bits per heavy atom. The fourth-order valence-electron chi connectivity index (χ4n) is 5.57. The van der Waals surface area contributed by atoms with E-state index >= 15 is 0 Å². The quantitative estimate of drug-likeness (QED) is 0.593. The molecule has 3 fully saturated rings. The molecule has 9 heteroatoms. The van der Waals surface area contributed by atoms with Crippen molar-refractivity contribution in [2.45, 2.75) is 58.1 Å². The monoisotopic (exact) mass is 488 g/mol. The molecule has 3 aliphatic rings. The molecule has 0 bridgehead atoms. The minimum Gasteiger partial charge on any atom is -0.462 e. The average molecular weight is 489 g/mol. The zero-order valence-electron chi connectivity index (χ0n) is 20.8. The van der Waals surface area contributed by atoms with Crippen molar-refractivity contribution < 1.29 is 23.5 Å². The average Bonchev–Trinajstić information content (AvgIpc) is 3.16. The zero-order valence-corrected chi connectivity index (χ0v) is 20.8. The molecule has 1 aromatic carbocycles. The van der Waals surface area contributed by atoms with Crippen molar-refractivity contribution in [3.05, 3.63) is 30.1 Å². The van der Waals surface area contributed by atoms with E-state index in [4.69, 9.17) is 4.74 Å². The normalized spacial score (nSPS) is 23.3. The number of nitrogens with one attached hydrogen (secondary N) is 1. The predicted molar refractivity (Wildman–Crippen MR) is 130 cm³/mol. The topological polar surface area (TPSA) is 82.2 Å². The highest BCUT2D eigenvalue weighted by atomic mass is 19.1. The third-order valence-electron chi connectivity index (χ3n) is 7.77. The first-order valence-corrected chi connectivity index (χ1v) is 12.8. The highest BCUT2D eigenvalue weighted by Gasteiger charge is 2.51. The van der Waals surface area contributed by atoms with E-state index < -0.39 is 11.5 Å². The molecule has 0 aliphatic carbocycles. The number of cyclic esters (lactones) is 1. The molecule has 3 saturated heterocycles. The van der Waals surface area contributed by atoms with E-state index in [1.807, 2.05) is 19.1 Å². The van der Waals surface area contributed by atoms with Gasteiger partial charge < -0.3 is 19.9 Å². The van der Waals surface area contributed by atoms with Crippen LogP contribution in [0.4, 0.5) is 10.1 Å². The third kappa shape index (κ3) is 5.94. The summed E-state index contributed by atoms with van der Waals surface area (Å²) in [6, 6.07) is 6.13. The Morgan fingerprint density at radius 1 is 1.11 bits per heavy atom. The molecule has 3 aliphatic heterocycles. The number of ether oxygens (including phenoxy) is 1. The van der Waals surface area contributed by atoms with Crippen LogP contribution in [-0.2, 0) is 19.1 Å². The van der Waals surface area contributed by atoms with Gasteiger partial charge in [-0.05, 0) is 49.9 Å². The molecule has 35 heavy (non-hydrogen) atoms. The molecule has 8 nitrogen and oxygen atoms in total. The van der Waals surface area contributed by atoms with Gasteiger partial charge >= 0.3 is 5.97 Å². The molecule has 2 atom stereocenters. The molecule has 1 aromatic rings. The number of esters is 1. The van der Waals surface area contributed by atoms with Crippen molar-refractivity contribution in [2.75, 3.05) is 50.7 Å². The summed E-state index contributed by atoms with van der Waals surface area (Å²) in [4.78, 5) is 43.4. The van der Waals surface area contributed by atoms with Crippen LogP contribution in [-0.4, -0.2) is 85.5 Å². The van der Waals surface area contributed by atoms with Crippen LogP contribution in [0.3, 0.4) is 0 Å². The van der Waals surface area contributed by atoms with E-state index in [1.165, 1.54) is 19.1 Å². The van der Waals surface area contributed by atoms with Crippen molar-refractivity contribution in [1.29, 1.82) is 0 Å². The number of piperazine rings is 1. The Bertz CT molecular complexity index is 908. The van der Waals surface area contributed by atoms with E-state index in [1.54, 1.807) is 4.90 Å². The molecule has 4 rings (SSSR count). The lowest BCUT2D eigenvalue weighted by molar-refractivity contribution is -0.153. The highest BCUT2D eigenvalue weighted by Crippen LogP contribution is 2.44. The molecule has 0 saturated carbocycles. The number of hydrogen-bond donors (Lipinski definition) is 1. The summed E-state index contributed by atoms with van der Waals surface area (Å²) in [6.07, 6.45) is 3.21. The summed E-state index contributed by atoms with van der Waals surface area (Å²) in [6.45, 7) is 8.84. The van der Waals surface area contributed by atoms with E-state index in [0.717, 1.165) is 44.8 Å². The van der Waals surface area contributed by atoms with Crippen molar-refractivity contribution in [3.8, 4) is 0 Å². The number of rotatable bonds is 7. The highest BCUT2D eigenvalue weighted by molar-refractivity contribution is 5.87. The maximum Gasteiger partial charge on any atom is 0.312 e. The number of piperidine rings is 1. The Kier molecular flexibility index (Phi) is 7.94. The number of likely N-dealkylation sites (tertiary alicyclic amines) is 1. The minimum atomic E-state index is -0.506. The maximum absolute atomic E-state index is 13.2. The number of carbonyl (C=O) groups excluding carboxylic acids is 3. The lowest BCUT2D eigenvalue weighted by Crippen LogP contribution is -2.52. The van der Waals surface area contributed by atoms with Gasteiger partial charge in [-0.15, -0.1) is 0 Å². The maximum atomic E-state index is 13.2. The summed E-state index contributed by atoms with van der Waals surface area (Å²) in [7, 11) is 0. The first-order valence-electron chi connectivity index (χ1n) is 12.8. The van der Waals surface area contributed by atoms with Gasteiger partial charge in [0.1, 0.15) is 18.0 Å². The molecule has 0 radical (unpaired) electrons. The number of nitrogens with zero attached hydrogens (tertiary/aromatic N) is 3. The summed E-state index contributed by atoms with van der Waals surface area (Å²) in [5, 5.41) is 2.72. The van der Waals surface area contributed by atoms with Crippen molar-refractivity contribution in [2.24, 2.45) is 5.41 Å². The summed E-state index contributed by atoms with van der Waals surface area (Å²) >= 11 is 0. The summed E-state index contributed by atoms with van der Waals surface area (Å²) in [5.74, 6) is -0.619. The standard InChI is InChI=1S/C26H37FN4O4/c1-3-23(28-19(2)32)24(33)31-12-9-26(10-13-31)18-22(35-25(26)34)8-11-29-14-16-30(17-15-29)21-6-4-20(27)5-7-21/h4-7,22-23H,3,8-18H2,1-2H3,(H,28,32)/t22-,23-/m0/s1. The number of amides is 2. The van der Waals surface area contributed by atoms with Gasteiger partial charge in [0.25, 0.3) is 0 Å². The van der Waals surface area contributed by atoms with E-state index in [9.17, 15) is 18.8 Å². The first kappa shape index (κ1) is 25.4. The van der Waals surface area contributed by atoms with Gasteiger partial charge in [-0.25, -0.2) is 4.39 Å². The number of anilines is 1. The van der Waals surface area contributed by atoms with Gasteiger partial charge in [0.15, 0.2) is 0 Å². The zero-order chi connectivity index (χ0) is 25.0. The van der Waals surface area contributed by atoms with E-state index in [2.05, 4.69) is 15.1 Å². The molecule has 0 unspecified atom stereocenters. The van der Waals surface area contributed by atoms with Gasteiger partial charge in [-0.3, -0.25) is 19.3 Å². The lowest BCUT2D eigenvalue weighted by atomic mass is 9.75. The first-order chi connectivity index (χ1) is 16.8. The SMILES string of the molecule is CC[C@H](NC(C)=O)C(=O)N1CCC2(CC1)C[C@H](CCN1CCN(c3ccc(F)cc3)CC1)OC2=O. The molecule has 1 spiro atoms. The Labute approximate surface area is 206 Å². The minimum absolute atomic E-state index is 0.0692. The van der Waals surface area contributed by atoms with E-state index in [-0.39, 0.29) is 29.7 Å². The lowest BCUT2D eigenvalue weighted by Gasteiger charge is -2.38. The van der Waals surface area contributed by atoms with Crippen molar-refractivity contribution in [3.63, 3.8) is 0 Å².